The van der Waals surface area contributed by atoms with E-state index in [1.165, 1.54) is 6.07 Å². The number of hydrogen-bond donors (Lipinski definition) is 1. The summed E-state index contributed by atoms with van der Waals surface area (Å²) >= 11 is 7.34. The molecule has 0 fully saturated rings. The summed E-state index contributed by atoms with van der Waals surface area (Å²) in [5, 5.41) is 8.63. The van der Waals surface area contributed by atoms with Gasteiger partial charge in [0.25, 0.3) is 6.43 Å². The maximum atomic E-state index is 12.8. The number of alkyl halides is 3. The van der Waals surface area contributed by atoms with Crippen LogP contribution < -0.4 is 0 Å². The lowest BCUT2D eigenvalue weighted by Gasteiger charge is -2.11. The van der Waals surface area contributed by atoms with E-state index < -0.39 is 18.8 Å². The average Bonchev–Trinajstić information content (AvgIpc) is 2.14. The number of carboxylic acid groups (broad SMARTS) is 1. The molecule has 7 heteroatoms. The molecule has 16 heavy (non-hydrogen) atoms. The molecule has 88 valence electrons. The van der Waals surface area contributed by atoms with E-state index in [2.05, 4.69) is 4.98 Å². The molecule has 1 rings (SSSR count). The summed E-state index contributed by atoms with van der Waals surface area (Å²) in [6.45, 7) is 0. The van der Waals surface area contributed by atoms with Crippen LogP contribution >= 0.6 is 34.2 Å². The number of carboxylic acids is 1. The zero-order valence-corrected chi connectivity index (χ0v) is 10.8. The Bertz CT molecular complexity index is 415. The minimum atomic E-state index is -2.77. The van der Waals surface area contributed by atoms with Crippen LogP contribution in [0.15, 0.2) is 6.07 Å². The van der Waals surface area contributed by atoms with Gasteiger partial charge in [0.2, 0.25) is 0 Å². The molecule has 0 amide bonds. The first-order valence-electron chi connectivity index (χ1n) is 4.19. The lowest BCUT2D eigenvalue weighted by Crippen LogP contribution is -2.09. The SMILES string of the molecule is O=C(O)Cc1cc(I)nc(CCl)c1C(F)F. The van der Waals surface area contributed by atoms with Crippen molar-refractivity contribution < 1.29 is 18.7 Å². The second-order valence-corrected chi connectivity index (χ2v) is 4.34. The fourth-order valence-corrected chi connectivity index (χ4v) is 2.18. The molecular weight excluding hydrogens is 354 g/mol. The van der Waals surface area contributed by atoms with E-state index in [0.717, 1.165) is 0 Å². The molecule has 1 aromatic rings. The Morgan fingerprint density at radius 1 is 1.62 bits per heavy atom. The number of rotatable bonds is 4. The van der Waals surface area contributed by atoms with Crippen molar-refractivity contribution in [3.8, 4) is 0 Å². The molecule has 1 N–H and O–H groups in total. The van der Waals surface area contributed by atoms with Gasteiger partial charge in [0.05, 0.1) is 18.0 Å². The number of pyridine rings is 1. The standard InChI is InChI=1S/C9H7ClF2INO2/c10-3-5-8(9(11)12)4(2-7(15)16)1-6(13)14-5/h1,9H,2-3H2,(H,15,16). The second kappa shape index (κ2) is 5.72. The lowest BCUT2D eigenvalue weighted by atomic mass is 10.0. The minimum Gasteiger partial charge on any atom is -0.481 e. The highest BCUT2D eigenvalue weighted by Crippen LogP contribution is 2.28. The van der Waals surface area contributed by atoms with Gasteiger partial charge < -0.3 is 5.11 Å². The molecule has 0 saturated carbocycles. The molecule has 1 aromatic heterocycles. The fraction of sp³-hybridized carbons (Fsp3) is 0.333. The highest BCUT2D eigenvalue weighted by molar-refractivity contribution is 14.1. The van der Waals surface area contributed by atoms with Crippen LogP contribution in [0.25, 0.3) is 0 Å². The summed E-state index contributed by atoms with van der Waals surface area (Å²) in [6.07, 6.45) is -3.23. The first-order chi connectivity index (χ1) is 7.45. The first kappa shape index (κ1) is 13.6. The molecule has 3 nitrogen and oxygen atoms in total. The third kappa shape index (κ3) is 3.24. The highest BCUT2D eigenvalue weighted by Gasteiger charge is 2.21. The van der Waals surface area contributed by atoms with Crippen LogP contribution in [0.1, 0.15) is 23.2 Å². The van der Waals surface area contributed by atoms with Crippen LogP contribution in [0.4, 0.5) is 8.78 Å². The zero-order valence-electron chi connectivity index (χ0n) is 7.88. The van der Waals surface area contributed by atoms with Gasteiger partial charge in [0.15, 0.2) is 0 Å². The molecule has 0 aromatic carbocycles. The van der Waals surface area contributed by atoms with E-state index in [0.29, 0.717) is 3.70 Å². The molecule has 0 spiro atoms. The molecule has 0 aliphatic carbocycles. The molecule has 0 atom stereocenters. The maximum absolute atomic E-state index is 12.8. The summed E-state index contributed by atoms with van der Waals surface area (Å²) in [7, 11) is 0. The van der Waals surface area contributed by atoms with Gasteiger partial charge in [-0.1, -0.05) is 0 Å². The summed E-state index contributed by atoms with van der Waals surface area (Å²) in [6, 6.07) is 1.34. The summed E-state index contributed by atoms with van der Waals surface area (Å²) in [5.74, 6) is -1.33. The molecule has 0 saturated heterocycles. The maximum Gasteiger partial charge on any atom is 0.307 e. The van der Waals surface area contributed by atoms with Gasteiger partial charge in [-0.2, -0.15) is 0 Å². The van der Waals surface area contributed by atoms with Crippen LogP contribution in [0.5, 0.6) is 0 Å². The smallest absolute Gasteiger partial charge is 0.307 e. The summed E-state index contributed by atoms with van der Waals surface area (Å²) in [5.41, 5.74) is -0.254. The van der Waals surface area contributed by atoms with Crippen LogP contribution in [-0.4, -0.2) is 16.1 Å². The molecule has 0 aliphatic heterocycles. The van der Waals surface area contributed by atoms with Crippen molar-refractivity contribution in [1.82, 2.24) is 4.98 Å². The zero-order chi connectivity index (χ0) is 12.3. The fourth-order valence-electron chi connectivity index (χ4n) is 1.31. The lowest BCUT2D eigenvalue weighted by molar-refractivity contribution is -0.136. The van der Waals surface area contributed by atoms with Crippen molar-refractivity contribution in [3.05, 3.63) is 26.6 Å². The number of hydrogen-bond acceptors (Lipinski definition) is 2. The largest absolute Gasteiger partial charge is 0.481 e. The Hall–Kier alpha value is -0.500. The van der Waals surface area contributed by atoms with E-state index >= 15 is 0 Å². The molecular formula is C9H7ClF2INO2. The van der Waals surface area contributed by atoms with E-state index in [4.69, 9.17) is 16.7 Å². The Kier molecular flexibility index (Phi) is 4.85. The molecule has 1 heterocycles. The third-order valence-electron chi connectivity index (χ3n) is 1.88. The number of nitrogens with zero attached hydrogens (tertiary/aromatic N) is 1. The van der Waals surface area contributed by atoms with E-state index in [9.17, 15) is 13.6 Å². The summed E-state index contributed by atoms with van der Waals surface area (Å²) in [4.78, 5) is 14.4. The average molecular weight is 362 g/mol. The van der Waals surface area contributed by atoms with Crippen molar-refractivity contribution in [2.75, 3.05) is 0 Å². The van der Waals surface area contributed by atoms with Crippen LogP contribution in [0, 0.1) is 3.70 Å². The molecule has 0 unspecified atom stereocenters. The Morgan fingerprint density at radius 3 is 2.69 bits per heavy atom. The van der Waals surface area contributed by atoms with Crippen molar-refractivity contribution in [3.63, 3.8) is 0 Å². The van der Waals surface area contributed by atoms with Gasteiger partial charge in [-0.3, -0.25) is 4.79 Å². The molecule has 0 aliphatic rings. The van der Waals surface area contributed by atoms with Crippen molar-refractivity contribution >= 4 is 40.2 Å². The topological polar surface area (TPSA) is 50.2 Å². The quantitative estimate of drug-likeness (QED) is 0.510. The van der Waals surface area contributed by atoms with Crippen LogP contribution in [0.3, 0.4) is 0 Å². The number of halogens is 4. The third-order valence-corrected chi connectivity index (χ3v) is 2.68. The van der Waals surface area contributed by atoms with E-state index in [-0.39, 0.29) is 22.7 Å². The van der Waals surface area contributed by atoms with Gasteiger partial charge in [0.1, 0.15) is 3.70 Å². The predicted molar refractivity (Wildman–Crippen MR) is 62.8 cm³/mol. The van der Waals surface area contributed by atoms with Crippen molar-refractivity contribution in [2.45, 2.75) is 18.7 Å². The van der Waals surface area contributed by atoms with Gasteiger partial charge in [-0.25, -0.2) is 13.8 Å². The molecule has 0 radical (unpaired) electrons. The Morgan fingerprint density at radius 2 is 2.25 bits per heavy atom. The summed E-state index contributed by atoms with van der Waals surface area (Å²) < 4.78 is 26.0. The van der Waals surface area contributed by atoms with Crippen molar-refractivity contribution in [2.24, 2.45) is 0 Å². The minimum absolute atomic E-state index is 0.0415. The second-order valence-electron chi connectivity index (χ2n) is 2.97. The van der Waals surface area contributed by atoms with E-state index in [1.807, 2.05) is 22.6 Å². The van der Waals surface area contributed by atoms with Gasteiger partial charge in [0, 0.05) is 5.56 Å². The number of carbonyl (C=O) groups is 1. The Labute approximate surface area is 109 Å². The first-order valence-corrected chi connectivity index (χ1v) is 5.81. The monoisotopic (exact) mass is 361 g/mol. The normalized spacial score (nSPS) is 10.8. The van der Waals surface area contributed by atoms with Gasteiger partial charge >= 0.3 is 5.97 Å². The van der Waals surface area contributed by atoms with Gasteiger partial charge in [-0.05, 0) is 34.2 Å². The highest BCUT2D eigenvalue weighted by atomic mass is 127. The van der Waals surface area contributed by atoms with Gasteiger partial charge in [-0.15, -0.1) is 11.6 Å². The van der Waals surface area contributed by atoms with Crippen molar-refractivity contribution in [1.29, 1.82) is 0 Å². The number of aromatic nitrogens is 1. The number of aliphatic carboxylic acids is 1. The Balaban J connectivity index is 3.32. The molecule has 0 bridgehead atoms. The van der Waals surface area contributed by atoms with Crippen LogP contribution in [-0.2, 0) is 17.1 Å². The van der Waals surface area contributed by atoms with E-state index in [1.54, 1.807) is 0 Å². The van der Waals surface area contributed by atoms with Crippen LogP contribution in [0.2, 0.25) is 0 Å². The predicted octanol–water partition coefficient (Wildman–Crippen LogP) is 2.99.